The molecule has 0 aliphatic carbocycles. The SMILES string of the molecule is COc1ccc(CCC(=O)Nc2ccc([N+](=O)[O-])cc2Cl)cc1. The maximum absolute atomic E-state index is 12.0. The van der Waals surface area contributed by atoms with Crippen LogP contribution in [0.1, 0.15) is 12.0 Å². The normalized spacial score (nSPS) is 10.2. The average Bonchev–Trinajstić information content (AvgIpc) is 2.55. The van der Waals surface area contributed by atoms with Gasteiger partial charge < -0.3 is 10.1 Å². The van der Waals surface area contributed by atoms with Gasteiger partial charge in [0, 0.05) is 18.6 Å². The highest BCUT2D eigenvalue weighted by atomic mass is 35.5. The van der Waals surface area contributed by atoms with E-state index in [1.165, 1.54) is 18.2 Å². The fourth-order valence-corrected chi connectivity index (χ4v) is 2.20. The number of aryl methyl sites for hydroxylation is 1. The van der Waals surface area contributed by atoms with Gasteiger partial charge in [-0.1, -0.05) is 23.7 Å². The summed E-state index contributed by atoms with van der Waals surface area (Å²) in [5.41, 5.74) is 1.25. The van der Waals surface area contributed by atoms with Gasteiger partial charge in [0.1, 0.15) is 5.75 Å². The van der Waals surface area contributed by atoms with Gasteiger partial charge in [0.05, 0.1) is 22.7 Å². The van der Waals surface area contributed by atoms with Crippen molar-refractivity contribution in [2.75, 3.05) is 12.4 Å². The summed E-state index contributed by atoms with van der Waals surface area (Å²) in [6.07, 6.45) is 0.847. The Morgan fingerprint density at radius 3 is 2.52 bits per heavy atom. The molecule has 2 aromatic carbocycles. The van der Waals surface area contributed by atoms with Crippen LogP contribution in [0.2, 0.25) is 5.02 Å². The molecule has 0 radical (unpaired) electrons. The quantitative estimate of drug-likeness (QED) is 0.643. The molecule has 0 bridgehead atoms. The molecule has 0 fully saturated rings. The van der Waals surface area contributed by atoms with Crippen molar-refractivity contribution in [1.29, 1.82) is 0 Å². The molecule has 2 aromatic rings. The third-order valence-electron chi connectivity index (χ3n) is 3.24. The number of nitrogens with zero attached hydrogens (tertiary/aromatic N) is 1. The smallest absolute Gasteiger partial charge is 0.271 e. The molecule has 120 valence electrons. The van der Waals surface area contributed by atoms with Crippen LogP contribution in [0.15, 0.2) is 42.5 Å². The zero-order chi connectivity index (χ0) is 16.8. The largest absolute Gasteiger partial charge is 0.497 e. The Kier molecular flexibility index (Phi) is 5.54. The number of anilines is 1. The topological polar surface area (TPSA) is 81.5 Å². The van der Waals surface area contributed by atoms with Crippen molar-refractivity contribution in [3.8, 4) is 5.75 Å². The Hall–Kier alpha value is -2.60. The van der Waals surface area contributed by atoms with E-state index < -0.39 is 4.92 Å². The molecule has 2 rings (SSSR count). The summed E-state index contributed by atoms with van der Waals surface area (Å²) in [5.74, 6) is 0.549. The van der Waals surface area contributed by atoms with Crippen molar-refractivity contribution in [2.45, 2.75) is 12.8 Å². The number of hydrogen-bond donors (Lipinski definition) is 1. The van der Waals surface area contributed by atoms with Gasteiger partial charge in [0.15, 0.2) is 0 Å². The van der Waals surface area contributed by atoms with Crippen molar-refractivity contribution in [1.82, 2.24) is 0 Å². The van der Waals surface area contributed by atoms with Gasteiger partial charge in [-0.15, -0.1) is 0 Å². The van der Waals surface area contributed by atoms with Crippen LogP contribution in [0.5, 0.6) is 5.75 Å². The summed E-state index contributed by atoms with van der Waals surface area (Å²) in [6.45, 7) is 0. The minimum absolute atomic E-state index is 0.119. The van der Waals surface area contributed by atoms with Crippen LogP contribution in [-0.4, -0.2) is 17.9 Å². The van der Waals surface area contributed by atoms with Crippen molar-refractivity contribution in [2.24, 2.45) is 0 Å². The summed E-state index contributed by atoms with van der Waals surface area (Å²) < 4.78 is 5.07. The second kappa shape index (κ2) is 7.60. The number of amides is 1. The first-order valence-electron chi connectivity index (χ1n) is 6.86. The number of non-ortho nitro benzene ring substituents is 1. The third-order valence-corrected chi connectivity index (χ3v) is 3.55. The van der Waals surface area contributed by atoms with Gasteiger partial charge in [-0.2, -0.15) is 0 Å². The molecule has 0 atom stereocenters. The van der Waals surface area contributed by atoms with Crippen molar-refractivity contribution >= 4 is 28.9 Å². The summed E-state index contributed by atoms with van der Waals surface area (Å²) >= 11 is 5.94. The maximum Gasteiger partial charge on any atom is 0.271 e. The van der Waals surface area contributed by atoms with Crippen LogP contribution in [0, 0.1) is 10.1 Å². The summed E-state index contributed by atoms with van der Waals surface area (Å²) in [5, 5.41) is 13.4. The number of nitro benzene ring substituents is 1. The van der Waals surface area contributed by atoms with E-state index in [0.717, 1.165) is 11.3 Å². The van der Waals surface area contributed by atoms with Gasteiger partial charge in [-0.25, -0.2) is 0 Å². The van der Waals surface area contributed by atoms with E-state index in [2.05, 4.69) is 5.32 Å². The van der Waals surface area contributed by atoms with Crippen molar-refractivity contribution < 1.29 is 14.5 Å². The fourth-order valence-electron chi connectivity index (χ4n) is 1.98. The second-order valence-corrected chi connectivity index (χ2v) is 5.22. The van der Waals surface area contributed by atoms with E-state index in [1.807, 2.05) is 24.3 Å². The Morgan fingerprint density at radius 1 is 1.26 bits per heavy atom. The molecule has 1 amide bonds. The lowest BCUT2D eigenvalue weighted by Gasteiger charge is -2.07. The maximum atomic E-state index is 12.0. The number of nitro groups is 1. The van der Waals surface area contributed by atoms with Crippen LogP contribution in [-0.2, 0) is 11.2 Å². The molecule has 0 saturated carbocycles. The second-order valence-electron chi connectivity index (χ2n) is 4.82. The number of nitrogens with one attached hydrogen (secondary N) is 1. The lowest BCUT2D eigenvalue weighted by Crippen LogP contribution is -2.12. The average molecular weight is 335 g/mol. The highest BCUT2D eigenvalue weighted by molar-refractivity contribution is 6.33. The zero-order valence-electron chi connectivity index (χ0n) is 12.4. The number of methoxy groups -OCH3 is 1. The molecule has 6 nitrogen and oxygen atoms in total. The molecule has 0 saturated heterocycles. The predicted molar refractivity (Wildman–Crippen MR) is 88.1 cm³/mol. The Bertz CT molecular complexity index is 717. The van der Waals surface area contributed by atoms with Crippen LogP contribution < -0.4 is 10.1 Å². The molecule has 23 heavy (non-hydrogen) atoms. The van der Waals surface area contributed by atoms with E-state index in [0.29, 0.717) is 12.1 Å². The van der Waals surface area contributed by atoms with Gasteiger partial charge in [-0.3, -0.25) is 14.9 Å². The molecule has 7 heteroatoms. The predicted octanol–water partition coefficient (Wildman–Crippen LogP) is 3.83. The molecule has 0 spiro atoms. The first kappa shape index (κ1) is 16.8. The highest BCUT2D eigenvalue weighted by Crippen LogP contribution is 2.26. The first-order valence-corrected chi connectivity index (χ1v) is 7.24. The number of carbonyl (C=O) groups is 1. The van der Waals surface area contributed by atoms with Crippen LogP contribution in [0.25, 0.3) is 0 Å². The summed E-state index contributed by atoms with van der Waals surface area (Å²) in [4.78, 5) is 22.1. The van der Waals surface area contributed by atoms with Crippen LogP contribution in [0.4, 0.5) is 11.4 Å². The monoisotopic (exact) mass is 334 g/mol. The number of rotatable bonds is 6. The zero-order valence-corrected chi connectivity index (χ0v) is 13.2. The van der Waals surface area contributed by atoms with Gasteiger partial charge >= 0.3 is 0 Å². The van der Waals surface area contributed by atoms with E-state index in [1.54, 1.807) is 7.11 Å². The first-order chi connectivity index (χ1) is 11.0. The standard InChI is InChI=1S/C16H15ClN2O4/c1-23-13-6-2-11(3-7-13)4-9-16(20)18-15-8-5-12(19(21)22)10-14(15)17/h2-3,5-8,10H,4,9H2,1H3,(H,18,20). The van der Waals surface area contributed by atoms with E-state index in [-0.39, 0.29) is 23.0 Å². The molecule has 0 aliphatic rings. The van der Waals surface area contributed by atoms with Gasteiger partial charge in [0.2, 0.25) is 5.91 Å². The molecular weight excluding hydrogens is 320 g/mol. The summed E-state index contributed by atoms with van der Waals surface area (Å²) in [6, 6.07) is 11.4. The van der Waals surface area contributed by atoms with Crippen LogP contribution >= 0.6 is 11.6 Å². The number of carbonyl (C=O) groups excluding carboxylic acids is 1. The number of benzene rings is 2. The third kappa shape index (κ3) is 4.69. The van der Waals surface area contributed by atoms with Crippen molar-refractivity contribution in [3.63, 3.8) is 0 Å². The molecular formula is C16H15ClN2O4. The molecule has 0 heterocycles. The number of ether oxygens (including phenoxy) is 1. The van der Waals surface area contributed by atoms with E-state index in [9.17, 15) is 14.9 Å². The van der Waals surface area contributed by atoms with E-state index in [4.69, 9.17) is 16.3 Å². The lowest BCUT2D eigenvalue weighted by atomic mass is 10.1. The minimum Gasteiger partial charge on any atom is -0.497 e. The van der Waals surface area contributed by atoms with E-state index >= 15 is 0 Å². The molecule has 0 aromatic heterocycles. The Morgan fingerprint density at radius 2 is 1.96 bits per heavy atom. The number of hydrogen-bond acceptors (Lipinski definition) is 4. The molecule has 1 N–H and O–H groups in total. The fraction of sp³-hybridized carbons (Fsp3) is 0.188. The Balaban J connectivity index is 1.92. The molecule has 0 aliphatic heterocycles. The minimum atomic E-state index is -0.541. The van der Waals surface area contributed by atoms with Gasteiger partial charge in [0.25, 0.3) is 5.69 Å². The van der Waals surface area contributed by atoms with Crippen LogP contribution in [0.3, 0.4) is 0 Å². The number of halogens is 1. The summed E-state index contributed by atoms with van der Waals surface area (Å²) in [7, 11) is 1.59. The highest BCUT2D eigenvalue weighted by Gasteiger charge is 2.11. The van der Waals surface area contributed by atoms with Crippen molar-refractivity contribution in [3.05, 3.63) is 63.2 Å². The van der Waals surface area contributed by atoms with Gasteiger partial charge in [-0.05, 0) is 30.2 Å². The lowest BCUT2D eigenvalue weighted by molar-refractivity contribution is -0.384. The molecule has 0 unspecified atom stereocenters. The Labute approximate surface area is 138 Å².